The van der Waals surface area contributed by atoms with E-state index in [1.165, 1.54) is 0 Å². The molecule has 3 aromatic rings. The Morgan fingerprint density at radius 3 is 2.68 bits per heavy atom. The number of nitrogens with one attached hydrogen (secondary N) is 2. The van der Waals surface area contributed by atoms with Gasteiger partial charge in [-0.15, -0.1) is 0 Å². The molecular formula is C17H14BrClN2O. The first-order valence-corrected chi connectivity index (χ1v) is 7.98. The van der Waals surface area contributed by atoms with E-state index < -0.39 is 0 Å². The van der Waals surface area contributed by atoms with Crippen LogP contribution in [-0.2, 0) is 0 Å². The molecule has 0 saturated carbocycles. The molecule has 0 spiro atoms. The van der Waals surface area contributed by atoms with Crippen molar-refractivity contribution in [3.05, 3.63) is 62.7 Å². The number of benzene rings is 2. The van der Waals surface area contributed by atoms with Crippen molar-refractivity contribution in [3.8, 4) is 0 Å². The molecule has 2 N–H and O–H groups in total. The van der Waals surface area contributed by atoms with E-state index in [1.54, 1.807) is 18.2 Å². The first-order valence-electron chi connectivity index (χ1n) is 6.81. The van der Waals surface area contributed by atoms with Gasteiger partial charge in [-0.1, -0.05) is 27.5 Å². The Morgan fingerprint density at radius 2 is 1.95 bits per heavy atom. The van der Waals surface area contributed by atoms with Gasteiger partial charge in [0.15, 0.2) is 0 Å². The number of rotatable bonds is 2. The summed E-state index contributed by atoms with van der Waals surface area (Å²) in [5.41, 5.74) is 4.51. The third kappa shape index (κ3) is 2.76. The lowest BCUT2D eigenvalue weighted by Crippen LogP contribution is -2.12. The lowest BCUT2D eigenvalue weighted by molar-refractivity contribution is 0.102. The highest BCUT2D eigenvalue weighted by atomic mass is 79.9. The maximum atomic E-state index is 12.4. The minimum absolute atomic E-state index is 0.177. The number of fused-ring (bicyclic) bond motifs is 1. The number of hydrogen-bond acceptors (Lipinski definition) is 1. The number of amides is 1. The SMILES string of the molecule is Cc1[nH]c2ccc(C(=O)Nc3ccc(Br)cc3Cl)cc2c1C. The Hall–Kier alpha value is -1.78. The molecule has 5 heteroatoms. The number of carbonyl (C=O) groups is 1. The summed E-state index contributed by atoms with van der Waals surface area (Å²) in [6, 6.07) is 11.0. The van der Waals surface area contributed by atoms with Gasteiger partial charge in [0.05, 0.1) is 10.7 Å². The van der Waals surface area contributed by atoms with Crippen molar-refractivity contribution in [1.82, 2.24) is 4.98 Å². The number of carbonyl (C=O) groups excluding carboxylic acids is 1. The van der Waals surface area contributed by atoms with Gasteiger partial charge in [-0.3, -0.25) is 4.79 Å². The number of halogens is 2. The second-order valence-corrected chi connectivity index (χ2v) is 6.54. The van der Waals surface area contributed by atoms with Gasteiger partial charge in [0.25, 0.3) is 5.91 Å². The Balaban J connectivity index is 1.93. The highest BCUT2D eigenvalue weighted by Crippen LogP contribution is 2.27. The van der Waals surface area contributed by atoms with Crippen LogP contribution in [0.3, 0.4) is 0 Å². The molecule has 1 aromatic heterocycles. The maximum Gasteiger partial charge on any atom is 0.255 e. The second-order valence-electron chi connectivity index (χ2n) is 5.21. The van der Waals surface area contributed by atoms with Crippen molar-refractivity contribution in [2.45, 2.75) is 13.8 Å². The van der Waals surface area contributed by atoms with Crippen molar-refractivity contribution < 1.29 is 4.79 Å². The Kier molecular flexibility index (Phi) is 3.98. The van der Waals surface area contributed by atoms with Crippen LogP contribution < -0.4 is 5.32 Å². The van der Waals surface area contributed by atoms with E-state index in [1.807, 2.05) is 32.0 Å². The normalized spacial score (nSPS) is 10.9. The highest BCUT2D eigenvalue weighted by molar-refractivity contribution is 9.10. The third-order valence-electron chi connectivity index (χ3n) is 3.75. The van der Waals surface area contributed by atoms with Gasteiger partial charge >= 0.3 is 0 Å². The van der Waals surface area contributed by atoms with Crippen LogP contribution in [0.1, 0.15) is 21.6 Å². The molecule has 0 unspecified atom stereocenters. The summed E-state index contributed by atoms with van der Waals surface area (Å²) < 4.78 is 0.871. The van der Waals surface area contributed by atoms with Gasteiger partial charge in [-0.25, -0.2) is 0 Å². The predicted molar refractivity (Wildman–Crippen MR) is 94.9 cm³/mol. The number of aromatic amines is 1. The van der Waals surface area contributed by atoms with E-state index in [0.29, 0.717) is 16.3 Å². The summed E-state index contributed by atoms with van der Waals surface area (Å²) in [4.78, 5) is 15.7. The summed E-state index contributed by atoms with van der Waals surface area (Å²) in [6.45, 7) is 4.07. The van der Waals surface area contributed by atoms with Crippen molar-refractivity contribution >= 4 is 50.0 Å². The number of aromatic nitrogens is 1. The summed E-state index contributed by atoms with van der Waals surface area (Å²) in [5.74, 6) is -0.177. The highest BCUT2D eigenvalue weighted by Gasteiger charge is 2.11. The van der Waals surface area contributed by atoms with Crippen LogP contribution in [0.5, 0.6) is 0 Å². The Morgan fingerprint density at radius 1 is 1.18 bits per heavy atom. The minimum Gasteiger partial charge on any atom is -0.358 e. The fourth-order valence-electron chi connectivity index (χ4n) is 2.39. The fourth-order valence-corrected chi connectivity index (χ4v) is 3.11. The zero-order valence-corrected chi connectivity index (χ0v) is 14.5. The summed E-state index contributed by atoms with van der Waals surface area (Å²) >= 11 is 9.48. The molecule has 0 aliphatic rings. The van der Waals surface area contributed by atoms with E-state index >= 15 is 0 Å². The first kappa shape index (κ1) is 15.1. The second kappa shape index (κ2) is 5.78. The van der Waals surface area contributed by atoms with Gasteiger partial charge in [-0.2, -0.15) is 0 Å². The fraction of sp³-hybridized carbons (Fsp3) is 0.118. The topological polar surface area (TPSA) is 44.9 Å². The van der Waals surface area contributed by atoms with Crippen LogP contribution in [0.25, 0.3) is 10.9 Å². The Labute approximate surface area is 141 Å². The molecule has 3 rings (SSSR count). The van der Waals surface area contributed by atoms with Crippen LogP contribution in [0, 0.1) is 13.8 Å². The molecule has 0 bridgehead atoms. The minimum atomic E-state index is -0.177. The summed E-state index contributed by atoms with van der Waals surface area (Å²) in [5, 5.41) is 4.40. The molecule has 2 aromatic carbocycles. The van der Waals surface area contributed by atoms with E-state index in [0.717, 1.165) is 26.6 Å². The Bertz CT molecular complexity index is 886. The maximum absolute atomic E-state index is 12.4. The quantitative estimate of drug-likeness (QED) is 0.612. The number of aryl methyl sites for hydroxylation is 2. The molecule has 0 aliphatic heterocycles. The largest absolute Gasteiger partial charge is 0.358 e. The molecule has 3 nitrogen and oxygen atoms in total. The summed E-state index contributed by atoms with van der Waals surface area (Å²) in [6.07, 6.45) is 0. The van der Waals surface area contributed by atoms with E-state index in [4.69, 9.17) is 11.6 Å². The molecule has 0 radical (unpaired) electrons. The monoisotopic (exact) mass is 376 g/mol. The zero-order valence-electron chi connectivity index (χ0n) is 12.1. The number of H-pyrrole nitrogens is 1. The van der Waals surface area contributed by atoms with E-state index in [2.05, 4.69) is 26.2 Å². The molecule has 1 heterocycles. The van der Waals surface area contributed by atoms with E-state index in [-0.39, 0.29) is 5.91 Å². The molecule has 1 amide bonds. The van der Waals surface area contributed by atoms with Crippen molar-refractivity contribution in [1.29, 1.82) is 0 Å². The number of hydrogen-bond donors (Lipinski definition) is 2. The predicted octanol–water partition coefficient (Wildman–Crippen LogP) is 5.45. The van der Waals surface area contributed by atoms with Crippen molar-refractivity contribution in [3.63, 3.8) is 0 Å². The molecule has 0 aliphatic carbocycles. The van der Waals surface area contributed by atoms with Gasteiger partial charge < -0.3 is 10.3 Å². The van der Waals surface area contributed by atoms with Gasteiger partial charge in [0.2, 0.25) is 0 Å². The molecule has 22 heavy (non-hydrogen) atoms. The van der Waals surface area contributed by atoms with Gasteiger partial charge in [-0.05, 0) is 55.8 Å². The lowest BCUT2D eigenvalue weighted by Gasteiger charge is -2.08. The lowest BCUT2D eigenvalue weighted by atomic mass is 10.1. The van der Waals surface area contributed by atoms with Crippen LogP contribution in [-0.4, -0.2) is 10.9 Å². The molecule has 0 fully saturated rings. The van der Waals surface area contributed by atoms with E-state index in [9.17, 15) is 4.79 Å². The average Bonchev–Trinajstić information content (AvgIpc) is 2.77. The standard InChI is InChI=1S/C17H14BrClN2O/c1-9-10(2)20-15-5-3-11(7-13(9)15)17(22)21-16-6-4-12(18)8-14(16)19/h3-8,20H,1-2H3,(H,21,22). The van der Waals surface area contributed by atoms with Crippen molar-refractivity contribution in [2.75, 3.05) is 5.32 Å². The van der Waals surface area contributed by atoms with Crippen molar-refractivity contribution in [2.24, 2.45) is 0 Å². The zero-order chi connectivity index (χ0) is 15.9. The third-order valence-corrected chi connectivity index (χ3v) is 4.56. The van der Waals surface area contributed by atoms with Gasteiger partial charge in [0, 0.05) is 26.6 Å². The van der Waals surface area contributed by atoms with Crippen LogP contribution >= 0.6 is 27.5 Å². The van der Waals surface area contributed by atoms with Crippen LogP contribution in [0.2, 0.25) is 5.02 Å². The van der Waals surface area contributed by atoms with Crippen LogP contribution in [0.15, 0.2) is 40.9 Å². The molecular weight excluding hydrogens is 364 g/mol. The smallest absolute Gasteiger partial charge is 0.255 e. The molecule has 0 saturated heterocycles. The summed E-state index contributed by atoms with van der Waals surface area (Å²) in [7, 11) is 0. The molecule has 112 valence electrons. The van der Waals surface area contributed by atoms with Crippen LogP contribution in [0.4, 0.5) is 5.69 Å². The molecule has 0 atom stereocenters. The average molecular weight is 378 g/mol. The van der Waals surface area contributed by atoms with Gasteiger partial charge in [0.1, 0.15) is 0 Å². The first-order chi connectivity index (χ1) is 10.5. The number of anilines is 1.